The first kappa shape index (κ1) is 19.4. The standard InChI is InChI=1S/C16H25N7O.ClH/c1-4-8-17-15-20-11-9-18-16(19-10-6-5-7-12(10)24)21-13(11)14(22-15)23(2)3;/h9-10,12,24H,4-8H2,1-3H3,(H,17,20,22)(H,18,19,21);1H/t10-,12-;/m0./s1. The van der Waals surface area contributed by atoms with E-state index in [0.717, 1.165) is 38.0 Å². The molecule has 138 valence electrons. The molecule has 2 heterocycles. The van der Waals surface area contributed by atoms with Gasteiger partial charge < -0.3 is 20.6 Å². The zero-order valence-electron chi connectivity index (χ0n) is 14.9. The van der Waals surface area contributed by atoms with Gasteiger partial charge in [-0.3, -0.25) is 0 Å². The van der Waals surface area contributed by atoms with Crippen molar-refractivity contribution in [1.29, 1.82) is 0 Å². The van der Waals surface area contributed by atoms with Crippen LogP contribution in [-0.4, -0.2) is 57.8 Å². The number of aliphatic hydroxyl groups is 1. The lowest BCUT2D eigenvalue weighted by Gasteiger charge is -2.18. The maximum Gasteiger partial charge on any atom is 0.225 e. The van der Waals surface area contributed by atoms with Crippen molar-refractivity contribution >= 4 is 41.2 Å². The predicted molar refractivity (Wildman–Crippen MR) is 103 cm³/mol. The molecular weight excluding hydrogens is 342 g/mol. The minimum Gasteiger partial charge on any atom is -0.391 e. The van der Waals surface area contributed by atoms with E-state index < -0.39 is 0 Å². The molecule has 25 heavy (non-hydrogen) atoms. The molecule has 0 saturated heterocycles. The van der Waals surface area contributed by atoms with Crippen molar-refractivity contribution in [2.45, 2.75) is 44.8 Å². The summed E-state index contributed by atoms with van der Waals surface area (Å²) in [6.45, 7) is 2.91. The van der Waals surface area contributed by atoms with Crippen molar-refractivity contribution in [2.24, 2.45) is 0 Å². The SMILES string of the molecule is CCCNc1nc(N(C)C)c2nc(N[C@H]3CCC[C@@H]3O)ncc2n1.Cl. The number of rotatable bonds is 6. The Kier molecular flexibility index (Phi) is 6.55. The molecule has 1 saturated carbocycles. The maximum absolute atomic E-state index is 9.97. The van der Waals surface area contributed by atoms with Gasteiger partial charge in [-0.1, -0.05) is 6.92 Å². The smallest absolute Gasteiger partial charge is 0.225 e. The minimum atomic E-state index is -0.338. The van der Waals surface area contributed by atoms with Gasteiger partial charge in [0, 0.05) is 20.6 Å². The largest absolute Gasteiger partial charge is 0.391 e. The van der Waals surface area contributed by atoms with Gasteiger partial charge in [0.2, 0.25) is 11.9 Å². The molecule has 0 spiro atoms. The predicted octanol–water partition coefficient (Wildman–Crippen LogP) is 2.05. The van der Waals surface area contributed by atoms with E-state index in [1.165, 1.54) is 0 Å². The summed E-state index contributed by atoms with van der Waals surface area (Å²) in [5.41, 5.74) is 1.40. The molecule has 1 aliphatic carbocycles. The third kappa shape index (κ3) is 4.38. The molecule has 1 fully saturated rings. The summed E-state index contributed by atoms with van der Waals surface area (Å²) >= 11 is 0. The van der Waals surface area contributed by atoms with Crippen LogP contribution in [0.15, 0.2) is 6.20 Å². The van der Waals surface area contributed by atoms with Crippen molar-refractivity contribution in [3.8, 4) is 0 Å². The van der Waals surface area contributed by atoms with E-state index >= 15 is 0 Å². The molecular formula is C16H26ClN7O. The average molecular weight is 368 g/mol. The summed E-state index contributed by atoms with van der Waals surface area (Å²) in [6.07, 6.45) is 5.14. The van der Waals surface area contributed by atoms with Crippen molar-refractivity contribution in [1.82, 2.24) is 19.9 Å². The highest BCUT2D eigenvalue weighted by atomic mass is 35.5. The fourth-order valence-electron chi connectivity index (χ4n) is 2.89. The fourth-order valence-corrected chi connectivity index (χ4v) is 2.89. The molecule has 2 aromatic rings. The molecule has 0 amide bonds. The summed E-state index contributed by atoms with van der Waals surface area (Å²) in [7, 11) is 3.86. The van der Waals surface area contributed by atoms with E-state index in [9.17, 15) is 5.11 Å². The minimum absolute atomic E-state index is 0. The van der Waals surface area contributed by atoms with Gasteiger partial charge in [0.15, 0.2) is 5.82 Å². The van der Waals surface area contributed by atoms with Gasteiger partial charge in [0.25, 0.3) is 0 Å². The Morgan fingerprint density at radius 3 is 2.64 bits per heavy atom. The van der Waals surface area contributed by atoms with Crippen LogP contribution in [0.25, 0.3) is 11.0 Å². The second-order valence-corrected chi connectivity index (χ2v) is 6.37. The number of halogens is 1. The zero-order valence-corrected chi connectivity index (χ0v) is 15.7. The van der Waals surface area contributed by atoms with Crippen LogP contribution in [0.5, 0.6) is 0 Å². The molecule has 2 aromatic heterocycles. The normalized spacial score (nSPS) is 19.5. The molecule has 3 N–H and O–H groups in total. The first-order chi connectivity index (χ1) is 11.6. The Hall–Kier alpha value is -1.93. The molecule has 1 aliphatic rings. The van der Waals surface area contributed by atoms with E-state index in [2.05, 4.69) is 37.5 Å². The van der Waals surface area contributed by atoms with Gasteiger partial charge >= 0.3 is 0 Å². The second kappa shape index (κ2) is 8.44. The Morgan fingerprint density at radius 1 is 1.20 bits per heavy atom. The maximum atomic E-state index is 9.97. The van der Waals surface area contributed by atoms with Crippen LogP contribution in [0.1, 0.15) is 32.6 Å². The van der Waals surface area contributed by atoms with Crippen LogP contribution in [0.4, 0.5) is 17.7 Å². The highest BCUT2D eigenvalue weighted by molar-refractivity contribution is 5.86. The lowest BCUT2D eigenvalue weighted by Crippen LogP contribution is -2.28. The molecule has 0 unspecified atom stereocenters. The Balaban J connectivity index is 0.00000225. The Bertz CT molecular complexity index is 712. The van der Waals surface area contributed by atoms with Gasteiger partial charge in [-0.2, -0.15) is 4.98 Å². The average Bonchev–Trinajstić information content (AvgIpc) is 2.97. The third-order valence-electron chi connectivity index (χ3n) is 4.17. The topological polar surface area (TPSA) is 99.1 Å². The number of fused-ring (bicyclic) bond motifs is 1. The summed E-state index contributed by atoms with van der Waals surface area (Å²) < 4.78 is 0. The highest BCUT2D eigenvalue weighted by Gasteiger charge is 2.26. The summed E-state index contributed by atoms with van der Waals surface area (Å²) in [5.74, 6) is 1.84. The Labute approximate surface area is 153 Å². The number of nitrogens with zero attached hydrogens (tertiary/aromatic N) is 5. The van der Waals surface area contributed by atoms with E-state index in [-0.39, 0.29) is 24.6 Å². The van der Waals surface area contributed by atoms with Crippen molar-refractivity contribution < 1.29 is 5.11 Å². The van der Waals surface area contributed by atoms with E-state index in [4.69, 9.17) is 0 Å². The number of aliphatic hydroxyl groups excluding tert-OH is 1. The van der Waals surface area contributed by atoms with E-state index in [1.54, 1.807) is 6.20 Å². The van der Waals surface area contributed by atoms with Crippen molar-refractivity contribution in [3.05, 3.63) is 6.20 Å². The summed E-state index contributed by atoms with van der Waals surface area (Å²) in [6, 6.07) is 0.0108. The molecule has 0 bridgehead atoms. The molecule has 8 nitrogen and oxygen atoms in total. The summed E-state index contributed by atoms with van der Waals surface area (Å²) in [5, 5.41) is 16.4. The second-order valence-electron chi connectivity index (χ2n) is 6.37. The number of hydrogen-bond donors (Lipinski definition) is 3. The van der Waals surface area contributed by atoms with Crippen LogP contribution in [-0.2, 0) is 0 Å². The molecule has 9 heteroatoms. The van der Waals surface area contributed by atoms with Crippen LogP contribution in [0.2, 0.25) is 0 Å². The van der Waals surface area contributed by atoms with Crippen LogP contribution in [0, 0.1) is 0 Å². The lowest BCUT2D eigenvalue weighted by atomic mass is 10.2. The summed E-state index contributed by atoms with van der Waals surface area (Å²) in [4.78, 5) is 19.9. The number of hydrogen-bond acceptors (Lipinski definition) is 8. The van der Waals surface area contributed by atoms with Gasteiger partial charge in [-0.25, -0.2) is 15.0 Å². The van der Waals surface area contributed by atoms with Crippen molar-refractivity contribution in [2.75, 3.05) is 36.2 Å². The highest BCUT2D eigenvalue weighted by Crippen LogP contribution is 2.25. The zero-order chi connectivity index (χ0) is 17.1. The Morgan fingerprint density at radius 2 is 2.00 bits per heavy atom. The van der Waals surface area contributed by atoms with Gasteiger partial charge in [0.1, 0.15) is 11.0 Å². The van der Waals surface area contributed by atoms with E-state index in [1.807, 2.05) is 19.0 Å². The monoisotopic (exact) mass is 367 g/mol. The lowest BCUT2D eigenvalue weighted by molar-refractivity contribution is 0.171. The molecule has 0 radical (unpaired) electrons. The number of aromatic nitrogens is 4. The third-order valence-corrected chi connectivity index (χ3v) is 4.17. The van der Waals surface area contributed by atoms with Gasteiger partial charge in [-0.15, -0.1) is 12.4 Å². The molecule has 3 rings (SSSR count). The van der Waals surface area contributed by atoms with Crippen LogP contribution < -0.4 is 15.5 Å². The van der Waals surface area contributed by atoms with Crippen molar-refractivity contribution in [3.63, 3.8) is 0 Å². The van der Waals surface area contributed by atoms with Crippen LogP contribution >= 0.6 is 12.4 Å². The first-order valence-electron chi connectivity index (χ1n) is 8.49. The fraction of sp³-hybridized carbons (Fsp3) is 0.625. The van der Waals surface area contributed by atoms with E-state index in [0.29, 0.717) is 22.9 Å². The van der Waals surface area contributed by atoms with Gasteiger partial charge in [-0.05, 0) is 25.7 Å². The van der Waals surface area contributed by atoms with Gasteiger partial charge in [0.05, 0.1) is 18.3 Å². The quantitative estimate of drug-likeness (QED) is 0.713. The number of anilines is 3. The number of nitrogens with one attached hydrogen (secondary N) is 2. The molecule has 0 aromatic carbocycles. The molecule has 0 aliphatic heterocycles. The first-order valence-corrected chi connectivity index (χ1v) is 8.49. The molecule has 2 atom stereocenters. The van der Waals surface area contributed by atoms with Crippen LogP contribution in [0.3, 0.4) is 0 Å².